The zero-order valence-corrected chi connectivity index (χ0v) is 18.5. The molecule has 1 aromatic carbocycles. The van der Waals surface area contributed by atoms with Gasteiger partial charge in [0.15, 0.2) is 0 Å². The SMILES string of the molecule is C=C(NC1=CCCC(F)=C1)c1cnc2[nH]cc(-c3ccc4c(c3)C(C)(C)CNC4=C)c2c1. The zero-order chi connectivity index (χ0) is 22.5. The van der Waals surface area contributed by atoms with Gasteiger partial charge in [-0.15, -0.1) is 0 Å². The van der Waals surface area contributed by atoms with E-state index in [4.69, 9.17) is 0 Å². The lowest BCUT2D eigenvalue weighted by atomic mass is 9.77. The van der Waals surface area contributed by atoms with E-state index in [9.17, 15) is 4.39 Å². The number of allylic oxidation sites excluding steroid dienone is 3. The second-order valence-electron chi connectivity index (χ2n) is 9.19. The number of fused-ring (bicyclic) bond motifs is 2. The Morgan fingerprint density at radius 3 is 2.88 bits per heavy atom. The lowest BCUT2D eigenvalue weighted by molar-refractivity contribution is 0.493. The van der Waals surface area contributed by atoms with Crippen LogP contribution in [-0.4, -0.2) is 16.5 Å². The number of halogens is 1. The number of nitrogens with one attached hydrogen (secondary N) is 3. The minimum atomic E-state index is -0.113. The third-order valence-corrected chi connectivity index (χ3v) is 6.36. The number of rotatable bonds is 4. The van der Waals surface area contributed by atoms with E-state index < -0.39 is 0 Å². The molecule has 162 valence electrons. The highest BCUT2D eigenvalue weighted by Crippen LogP contribution is 2.38. The molecule has 4 nitrogen and oxygen atoms in total. The summed E-state index contributed by atoms with van der Waals surface area (Å²) in [4.78, 5) is 7.88. The van der Waals surface area contributed by atoms with Crippen molar-refractivity contribution >= 4 is 22.4 Å². The predicted octanol–water partition coefficient (Wildman–Crippen LogP) is 6.17. The van der Waals surface area contributed by atoms with Crippen molar-refractivity contribution in [3.8, 4) is 11.1 Å². The van der Waals surface area contributed by atoms with E-state index in [1.807, 2.05) is 12.3 Å². The van der Waals surface area contributed by atoms with Crippen molar-refractivity contribution in [2.24, 2.45) is 0 Å². The maximum absolute atomic E-state index is 13.6. The Bertz CT molecular complexity index is 1320. The molecule has 5 heteroatoms. The van der Waals surface area contributed by atoms with Crippen LogP contribution < -0.4 is 10.6 Å². The molecule has 3 heterocycles. The summed E-state index contributed by atoms with van der Waals surface area (Å²) >= 11 is 0. The number of aromatic amines is 1. The van der Waals surface area contributed by atoms with E-state index >= 15 is 0 Å². The lowest BCUT2D eigenvalue weighted by Crippen LogP contribution is -2.37. The number of benzene rings is 1. The minimum absolute atomic E-state index is 0.0107. The van der Waals surface area contributed by atoms with Crippen LogP contribution in [0.5, 0.6) is 0 Å². The first-order valence-corrected chi connectivity index (χ1v) is 10.9. The largest absolute Gasteiger partial charge is 0.384 e. The number of pyridine rings is 1. The van der Waals surface area contributed by atoms with Crippen LogP contribution in [0.4, 0.5) is 4.39 Å². The Balaban J connectivity index is 1.52. The summed E-state index contributed by atoms with van der Waals surface area (Å²) in [6, 6.07) is 8.63. The van der Waals surface area contributed by atoms with E-state index in [1.54, 1.807) is 6.20 Å². The maximum atomic E-state index is 13.6. The van der Waals surface area contributed by atoms with Crippen LogP contribution in [0.15, 0.2) is 73.5 Å². The molecule has 0 saturated carbocycles. The molecule has 0 radical (unpaired) electrons. The van der Waals surface area contributed by atoms with Crippen molar-refractivity contribution in [3.63, 3.8) is 0 Å². The summed E-state index contributed by atoms with van der Waals surface area (Å²) in [7, 11) is 0. The summed E-state index contributed by atoms with van der Waals surface area (Å²) in [5.41, 5.74) is 8.79. The highest BCUT2D eigenvalue weighted by Gasteiger charge is 2.29. The van der Waals surface area contributed by atoms with E-state index in [1.165, 1.54) is 17.2 Å². The van der Waals surface area contributed by atoms with Gasteiger partial charge in [-0.2, -0.15) is 0 Å². The van der Waals surface area contributed by atoms with Gasteiger partial charge in [0, 0.05) is 69.9 Å². The molecular formula is C27H27FN4. The first-order valence-electron chi connectivity index (χ1n) is 10.9. The number of aromatic nitrogens is 2. The molecule has 1 aliphatic heterocycles. The molecule has 3 aromatic rings. The lowest BCUT2D eigenvalue weighted by Gasteiger charge is -2.35. The average Bonchev–Trinajstić information content (AvgIpc) is 3.20. The molecule has 0 saturated heterocycles. The third kappa shape index (κ3) is 3.54. The average molecular weight is 427 g/mol. The minimum Gasteiger partial charge on any atom is -0.384 e. The Morgan fingerprint density at radius 1 is 1.22 bits per heavy atom. The zero-order valence-electron chi connectivity index (χ0n) is 18.5. The first kappa shape index (κ1) is 20.3. The van der Waals surface area contributed by atoms with Crippen molar-refractivity contribution in [1.82, 2.24) is 20.6 Å². The highest BCUT2D eigenvalue weighted by molar-refractivity contribution is 5.95. The summed E-state index contributed by atoms with van der Waals surface area (Å²) in [6.45, 7) is 13.7. The molecule has 32 heavy (non-hydrogen) atoms. The quantitative estimate of drug-likeness (QED) is 0.467. The fourth-order valence-electron chi connectivity index (χ4n) is 4.46. The van der Waals surface area contributed by atoms with Crippen LogP contribution in [0.25, 0.3) is 33.6 Å². The van der Waals surface area contributed by atoms with Crippen molar-refractivity contribution in [2.45, 2.75) is 32.1 Å². The summed E-state index contributed by atoms with van der Waals surface area (Å²) in [5, 5.41) is 7.65. The van der Waals surface area contributed by atoms with Crippen molar-refractivity contribution in [1.29, 1.82) is 0 Å². The van der Waals surface area contributed by atoms with Gasteiger partial charge in [0.05, 0.1) is 0 Å². The number of H-pyrrole nitrogens is 1. The van der Waals surface area contributed by atoms with Crippen LogP contribution in [0, 0.1) is 0 Å². The molecule has 0 amide bonds. The molecule has 2 aliphatic rings. The third-order valence-electron chi connectivity index (χ3n) is 6.36. The van der Waals surface area contributed by atoms with Gasteiger partial charge in [0.1, 0.15) is 11.5 Å². The molecule has 0 fully saturated rings. The Labute approximate surface area is 187 Å². The normalized spacial score (nSPS) is 17.3. The van der Waals surface area contributed by atoms with Crippen LogP contribution >= 0.6 is 0 Å². The standard InChI is InChI=1S/C27H27FN4/c1-16(32-21-7-5-6-20(28)12-21)19-10-23-24(14-30-26(23)29-13-19)18-8-9-22-17(2)31-15-27(3,4)25(22)11-18/h7-14,31-32H,1-2,5-6,15H2,3-4H3,(H,29,30). The van der Waals surface area contributed by atoms with E-state index in [0.29, 0.717) is 18.5 Å². The van der Waals surface area contributed by atoms with Gasteiger partial charge in [-0.25, -0.2) is 9.37 Å². The molecular weight excluding hydrogens is 399 g/mol. The molecule has 1 aliphatic carbocycles. The van der Waals surface area contributed by atoms with Gasteiger partial charge >= 0.3 is 0 Å². The van der Waals surface area contributed by atoms with Gasteiger partial charge in [-0.05, 0) is 35.8 Å². The maximum Gasteiger partial charge on any atom is 0.137 e. The molecule has 5 rings (SSSR count). The number of hydrogen-bond donors (Lipinski definition) is 3. The predicted molar refractivity (Wildman–Crippen MR) is 130 cm³/mol. The summed E-state index contributed by atoms with van der Waals surface area (Å²) in [5.74, 6) is -0.113. The van der Waals surface area contributed by atoms with Gasteiger partial charge in [0.2, 0.25) is 0 Å². The van der Waals surface area contributed by atoms with Crippen molar-refractivity contribution < 1.29 is 4.39 Å². The van der Waals surface area contributed by atoms with Crippen LogP contribution in [-0.2, 0) is 5.41 Å². The number of hydrogen-bond acceptors (Lipinski definition) is 3. The van der Waals surface area contributed by atoms with E-state index in [0.717, 1.165) is 45.7 Å². The van der Waals surface area contributed by atoms with Gasteiger partial charge in [0.25, 0.3) is 0 Å². The fourth-order valence-corrected chi connectivity index (χ4v) is 4.46. The Kier molecular flexibility index (Phi) is 4.77. The van der Waals surface area contributed by atoms with Gasteiger partial charge in [-0.1, -0.05) is 45.2 Å². The smallest absolute Gasteiger partial charge is 0.137 e. The summed E-state index contributed by atoms with van der Waals surface area (Å²) in [6.07, 6.45) is 8.45. The fraction of sp³-hybridized carbons (Fsp3) is 0.222. The van der Waals surface area contributed by atoms with Crippen LogP contribution in [0.2, 0.25) is 0 Å². The highest BCUT2D eigenvalue weighted by atomic mass is 19.1. The molecule has 2 aromatic heterocycles. The van der Waals surface area contributed by atoms with E-state index in [-0.39, 0.29) is 11.2 Å². The molecule has 0 bridgehead atoms. The second kappa shape index (κ2) is 7.52. The molecule has 0 unspecified atom stereocenters. The number of nitrogens with zero attached hydrogens (tertiary/aromatic N) is 1. The monoisotopic (exact) mass is 426 g/mol. The van der Waals surface area contributed by atoms with Crippen molar-refractivity contribution in [3.05, 3.63) is 90.2 Å². The topological polar surface area (TPSA) is 52.7 Å². The van der Waals surface area contributed by atoms with Gasteiger partial charge < -0.3 is 15.6 Å². The Hall–Kier alpha value is -3.60. The summed E-state index contributed by atoms with van der Waals surface area (Å²) < 4.78 is 13.6. The molecule has 3 N–H and O–H groups in total. The van der Waals surface area contributed by atoms with Gasteiger partial charge in [-0.3, -0.25) is 0 Å². The van der Waals surface area contributed by atoms with Crippen molar-refractivity contribution in [2.75, 3.05) is 6.54 Å². The van der Waals surface area contributed by atoms with Crippen LogP contribution in [0.1, 0.15) is 43.4 Å². The Morgan fingerprint density at radius 2 is 2.06 bits per heavy atom. The first-order chi connectivity index (χ1) is 15.3. The second-order valence-corrected chi connectivity index (χ2v) is 9.19. The molecule has 0 atom stereocenters. The molecule has 0 spiro atoms. The van der Waals surface area contributed by atoms with Crippen LogP contribution in [0.3, 0.4) is 0 Å². The van der Waals surface area contributed by atoms with E-state index in [2.05, 4.69) is 71.9 Å².